The van der Waals surface area contributed by atoms with Crippen LogP contribution in [-0.2, 0) is 11.3 Å². The van der Waals surface area contributed by atoms with Crippen LogP contribution in [0.15, 0.2) is 47.4 Å². The van der Waals surface area contributed by atoms with E-state index in [1.54, 1.807) is 30.9 Å². The molecule has 4 nitrogen and oxygen atoms in total. The largest absolute Gasteiger partial charge is 0.497 e. The second-order valence-corrected chi connectivity index (χ2v) is 7.44. The van der Waals surface area contributed by atoms with Gasteiger partial charge in [0.25, 0.3) is 0 Å². The van der Waals surface area contributed by atoms with Crippen LogP contribution in [-0.4, -0.2) is 37.8 Å². The van der Waals surface area contributed by atoms with Crippen LogP contribution in [0.25, 0.3) is 0 Å². The predicted octanol–water partition coefficient (Wildman–Crippen LogP) is 4.89. The van der Waals surface area contributed by atoms with Crippen LogP contribution in [0.4, 0.5) is 0 Å². The SMILES string of the molecule is COc1ccc(CN(C)C(=O)CCCSc2ccc(Cl)cc2)c(OC)c1. The Hall–Kier alpha value is -1.85. The summed E-state index contributed by atoms with van der Waals surface area (Å²) in [5.74, 6) is 2.48. The second kappa shape index (κ2) is 10.3. The van der Waals surface area contributed by atoms with Gasteiger partial charge in [-0.1, -0.05) is 11.6 Å². The number of rotatable bonds is 9. The first kappa shape index (κ1) is 20.5. The lowest BCUT2D eigenvalue weighted by atomic mass is 10.1. The minimum Gasteiger partial charge on any atom is -0.497 e. The number of hydrogen-bond acceptors (Lipinski definition) is 4. The Kier molecular flexibility index (Phi) is 8.13. The van der Waals surface area contributed by atoms with E-state index < -0.39 is 0 Å². The fourth-order valence-corrected chi connectivity index (χ4v) is 3.44. The molecule has 2 rings (SSSR count). The summed E-state index contributed by atoms with van der Waals surface area (Å²) in [5, 5.41) is 0.736. The average Bonchev–Trinajstić information content (AvgIpc) is 2.66. The molecule has 0 saturated carbocycles. The molecular formula is C20H24ClNO3S. The predicted molar refractivity (Wildman–Crippen MR) is 107 cm³/mol. The van der Waals surface area contributed by atoms with Crippen molar-refractivity contribution in [2.75, 3.05) is 27.0 Å². The molecule has 0 aliphatic heterocycles. The molecule has 0 fully saturated rings. The Balaban J connectivity index is 1.79. The van der Waals surface area contributed by atoms with Crippen LogP contribution in [0.1, 0.15) is 18.4 Å². The van der Waals surface area contributed by atoms with E-state index in [0.717, 1.165) is 39.2 Å². The molecule has 26 heavy (non-hydrogen) atoms. The van der Waals surface area contributed by atoms with Crippen molar-refractivity contribution < 1.29 is 14.3 Å². The number of halogens is 1. The van der Waals surface area contributed by atoms with Gasteiger partial charge in [-0.3, -0.25) is 4.79 Å². The molecule has 0 spiro atoms. The third-order valence-corrected chi connectivity index (χ3v) is 5.30. The van der Waals surface area contributed by atoms with Crippen LogP contribution >= 0.6 is 23.4 Å². The number of thioether (sulfide) groups is 1. The third kappa shape index (κ3) is 6.15. The van der Waals surface area contributed by atoms with E-state index in [2.05, 4.69) is 0 Å². The molecular weight excluding hydrogens is 370 g/mol. The molecule has 0 radical (unpaired) electrons. The van der Waals surface area contributed by atoms with Gasteiger partial charge in [-0.25, -0.2) is 0 Å². The number of amides is 1. The topological polar surface area (TPSA) is 38.8 Å². The number of benzene rings is 2. The van der Waals surface area contributed by atoms with E-state index in [9.17, 15) is 4.79 Å². The zero-order valence-electron chi connectivity index (χ0n) is 15.3. The second-order valence-electron chi connectivity index (χ2n) is 5.83. The number of carbonyl (C=O) groups excluding carboxylic acids is 1. The lowest BCUT2D eigenvalue weighted by molar-refractivity contribution is -0.130. The van der Waals surface area contributed by atoms with Crippen LogP contribution in [0.5, 0.6) is 11.5 Å². The van der Waals surface area contributed by atoms with Crippen molar-refractivity contribution in [1.29, 1.82) is 0 Å². The minimum absolute atomic E-state index is 0.125. The third-order valence-electron chi connectivity index (χ3n) is 3.94. The summed E-state index contributed by atoms with van der Waals surface area (Å²) in [6, 6.07) is 13.4. The van der Waals surface area contributed by atoms with E-state index in [0.29, 0.717) is 13.0 Å². The summed E-state index contributed by atoms with van der Waals surface area (Å²) in [6.07, 6.45) is 1.35. The zero-order chi connectivity index (χ0) is 18.9. The summed E-state index contributed by atoms with van der Waals surface area (Å²) < 4.78 is 10.6. The Morgan fingerprint density at radius 2 is 1.85 bits per heavy atom. The van der Waals surface area contributed by atoms with Crippen molar-refractivity contribution in [2.45, 2.75) is 24.3 Å². The summed E-state index contributed by atoms with van der Waals surface area (Å²) >= 11 is 7.61. The number of hydrogen-bond donors (Lipinski definition) is 0. The van der Waals surface area contributed by atoms with Gasteiger partial charge in [-0.15, -0.1) is 11.8 Å². The van der Waals surface area contributed by atoms with E-state index in [4.69, 9.17) is 21.1 Å². The first-order chi connectivity index (χ1) is 12.5. The molecule has 0 atom stereocenters. The molecule has 0 aliphatic carbocycles. The van der Waals surface area contributed by atoms with Gasteiger partial charge < -0.3 is 14.4 Å². The van der Waals surface area contributed by atoms with Crippen LogP contribution in [0.3, 0.4) is 0 Å². The van der Waals surface area contributed by atoms with E-state index in [-0.39, 0.29) is 5.91 Å². The quantitative estimate of drug-likeness (QED) is 0.449. The van der Waals surface area contributed by atoms with Crippen molar-refractivity contribution in [3.63, 3.8) is 0 Å². The molecule has 0 heterocycles. The van der Waals surface area contributed by atoms with Gasteiger partial charge in [0.2, 0.25) is 5.91 Å². The van der Waals surface area contributed by atoms with Crippen molar-refractivity contribution in [2.24, 2.45) is 0 Å². The monoisotopic (exact) mass is 393 g/mol. The fourth-order valence-electron chi connectivity index (χ4n) is 2.46. The normalized spacial score (nSPS) is 10.5. The van der Waals surface area contributed by atoms with Crippen molar-refractivity contribution >= 4 is 29.3 Å². The summed E-state index contributed by atoms with van der Waals surface area (Å²) in [4.78, 5) is 15.3. The average molecular weight is 394 g/mol. The lowest BCUT2D eigenvalue weighted by Crippen LogP contribution is -2.26. The first-order valence-corrected chi connectivity index (χ1v) is 9.73. The van der Waals surface area contributed by atoms with Gasteiger partial charge in [0.1, 0.15) is 11.5 Å². The maximum absolute atomic E-state index is 12.4. The van der Waals surface area contributed by atoms with Crippen molar-refractivity contribution in [1.82, 2.24) is 4.90 Å². The van der Waals surface area contributed by atoms with Gasteiger partial charge in [0, 0.05) is 41.6 Å². The van der Waals surface area contributed by atoms with Crippen LogP contribution < -0.4 is 9.47 Å². The van der Waals surface area contributed by atoms with Gasteiger partial charge in [-0.2, -0.15) is 0 Å². The van der Waals surface area contributed by atoms with Gasteiger partial charge in [0.15, 0.2) is 0 Å². The van der Waals surface area contributed by atoms with Gasteiger partial charge in [0.05, 0.1) is 14.2 Å². The molecule has 140 valence electrons. The van der Waals surface area contributed by atoms with E-state index in [1.807, 2.05) is 49.5 Å². The Morgan fingerprint density at radius 1 is 1.12 bits per heavy atom. The summed E-state index contributed by atoms with van der Waals surface area (Å²) in [6.45, 7) is 0.510. The van der Waals surface area contributed by atoms with E-state index in [1.165, 1.54) is 0 Å². The molecule has 2 aromatic rings. The van der Waals surface area contributed by atoms with Gasteiger partial charge >= 0.3 is 0 Å². The minimum atomic E-state index is 0.125. The highest BCUT2D eigenvalue weighted by molar-refractivity contribution is 7.99. The molecule has 0 N–H and O–H groups in total. The fraction of sp³-hybridized carbons (Fsp3) is 0.350. The number of nitrogens with zero attached hydrogens (tertiary/aromatic N) is 1. The highest BCUT2D eigenvalue weighted by Crippen LogP contribution is 2.26. The Bertz CT molecular complexity index is 721. The smallest absolute Gasteiger partial charge is 0.222 e. The Labute approximate surface area is 164 Å². The molecule has 2 aromatic carbocycles. The number of methoxy groups -OCH3 is 2. The summed E-state index contributed by atoms with van der Waals surface area (Å²) in [7, 11) is 5.05. The molecule has 6 heteroatoms. The molecule has 0 aromatic heterocycles. The van der Waals surface area contributed by atoms with Crippen molar-refractivity contribution in [3.8, 4) is 11.5 Å². The standard InChI is InChI=1S/C20H24ClNO3S/c1-22(14-15-6-9-17(24-2)13-19(15)25-3)20(23)5-4-12-26-18-10-7-16(21)8-11-18/h6-11,13H,4-5,12,14H2,1-3H3. The molecule has 0 aliphatic rings. The summed E-state index contributed by atoms with van der Waals surface area (Å²) in [5.41, 5.74) is 0.958. The highest BCUT2D eigenvalue weighted by atomic mass is 35.5. The maximum Gasteiger partial charge on any atom is 0.222 e. The molecule has 0 unspecified atom stereocenters. The molecule has 1 amide bonds. The highest BCUT2D eigenvalue weighted by Gasteiger charge is 2.12. The maximum atomic E-state index is 12.4. The number of carbonyl (C=O) groups is 1. The molecule has 0 bridgehead atoms. The first-order valence-electron chi connectivity index (χ1n) is 8.36. The lowest BCUT2D eigenvalue weighted by Gasteiger charge is -2.19. The van der Waals surface area contributed by atoms with Gasteiger partial charge in [-0.05, 0) is 48.6 Å². The van der Waals surface area contributed by atoms with E-state index >= 15 is 0 Å². The Morgan fingerprint density at radius 3 is 2.50 bits per heavy atom. The zero-order valence-corrected chi connectivity index (χ0v) is 16.9. The van der Waals surface area contributed by atoms with Crippen LogP contribution in [0.2, 0.25) is 5.02 Å². The number of ether oxygens (including phenoxy) is 2. The van der Waals surface area contributed by atoms with Crippen LogP contribution in [0, 0.1) is 0 Å². The van der Waals surface area contributed by atoms with Crippen molar-refractivity contribution in [3.05, 3.63) is 53.1 Å². The molecule has 0 saturated heterocycles.